The molecule has 0 bridgehead atoms. The highest BCUT2D eigenvalue weighted by Gasteiger charge is 2.10. The zero-order valence-corrected chi connectivity index (χ0v) is 11.2. The minimum Gasteiger partial charge on any atom is -0.338 e. The van der Waals surface area contributed by atoms with Crippen LogP contribution < -0.4 is 5.32 Å². The van der Waals surface area contributed by atoms with E-state index in [0.717, 1.165) is 22.9 Å². The summed E-state index contributed by atoms with van der Waals surface area (Å²) in [6.45, 7) is 3.96. The SMILES string of the molecule is Cc1ccc(Nc2nc(Cl)c(C#N)cc2F)cc1C. The van der Waals surface area contributed by atoms with Crippen molar-refractivity contribution in [3.63, 3.8) is 0 Å². The van der Waals surface area contributed by atoms with E-state index in [9.17, 15) is 4.39 Å². The van der Waals surface area contributed by atoms with Gasteiger partial charge in [0, 0.05) is 5.69 Å². The van der Waals surface area contributed by atoms with Crippen molar-refractivity contribution in [3.05, 3.63) is 51.9 Å². The maximum Gasteiger partial charge on any atom is 0.168 e. The Hall–Kier alpha value is -2.12. The first-order valence-electron chi connectivity index (χ1n) is 5.61. The van der Waals surface area contributed by atoms with Gasteiger partial charge in [0.1, 0.15) is 11.2 Å². The summed E-state index contributed by atoms with van der Waals surface area (Å²) < 4.78 is 13.7. The summed E-state index contributed by atoms with van der Waals surface area (Å²) in [6, 6.07) is 8.50. The molecule has 3 nitrogen and oxygen atoms in total. The van der Waals surface area contributed by atoms with Crippen LogP contribution in [0.5, 0.6) is 0 Å². The van der Waals surface area contributed by atoms with Crippen molar-refractivity contribution in [2.24, 2.45) is 0 Å². The second kappa shape index (κ2) is 5.25. The third kappa shape index (κ3) is 2.83. The Bertz CT molecular complexity index is 677. The van der Waals surface area contributed by atoms with Gasteiger partial charge in [0.25, 0.3) is 0 Å². The Kier molecular flexibility index (Phi) is 3.68. The number of benzene rings is 1. The van der Waals surface area contributed by atoms with E-state index >= 15 is 0 Å². The monoisotopic (exact) mass is 275 g/mol. The normalized spacial score (nSPS) is 10.1. The van der Waals surface area contributed by atoms with Crippen LogP contribution in [0.4, 0.5) is 15.9 Å². The molecule has 1 N–H and O–H groups in total. The number of hydrogen-bond donors (Lipinski definition) is 1. The van der Waals surface area contributed by atoms with Crippen molar-refractivity contribution in [2.75, 3.05) is 5.32 Å². The van der Waals surface area contributed by atoms with Gasteiger partial charge in [-0.1, -0.05) is 17.7 Å². The van der Waals surface area contributed by atoms with Crippen LogP contribution in [0.25, 0.3) is 0 Å². The summed E-state index contributed by atoms with van der Waals surface area (Å²) in [5.41, 5.74) is 2.97. The molecule has 1 aromatic carbocycles. The van der Waals surface area contributed by atoms with Gasteiger partial charge < -0.3 is 5.32 Å². The average molecular weight is 276 g/mol. The molecule has 0 saturated carbocycles. The third-order valence-electron chi connectivity index (χ3n) is 2.82. The first-order chi connectivity index (χ1) is 9.01. The highest BCUT2D eigenvalue weighted by molar-refractivity contribution is 6.30. The number of aryl methyl sites for hydroxylation is 2. The fourth-order valence-electron chi connectivity index (χ4n) is 1.59. The Morgan fingerprint density at radius 3 is 2.63 bits per heavy atom. The van der Waals surface area contributed by atoms with E-state index in [2.05, 4.69) is 10.3 Å². The second-order valence-corrected chi connectivity index (χ2v) is 4.55. The topological polar surface area (TPSA) is 48.7 Å². The molecule has 0 radical (unpaired) electrons. The molecule has 96 valence electrons. The van der Waals surface area contributed by atoms with E-state index in [4.69, 9.17) is 16.9 Å². The highest BCUT2D eigenvalue weighted by Crippen LogP contribution is 2.24. The van der Waals surface area contributed by atoms with Gasteiger partial charge in [-0.05, 0) is 43.2 Å². The Morgan fingerprint density at radius 1 is 1.26 bits per heavy atom. The van der Waals surface area contributed by atoms with Gasteiger partial charge in [-0.25, -0.2) is 9.37 Å². The number of hydrogen-bond acceptors (Lipinski definition) is 3. The average Bonchev–Trinajstić information content (AvgIpc) is 2.38. The van der Waals surface area contributed by atoms with E-state index in [1.54, 1.807) is 6.07 Å². The summed E-state index contributed by atoms with van der Waals surface area (Å²) in [5, 5.41) is 11.6. The van der Waals surface area contributed by atoms with E-state index < -0.39 is 5.82 Å². The summed E-state index contributed by atoms with van der Waals surface area (Å²) in [6.07, 6.45) is 0. The molecule has 0 aliphatic rings. The van der Waals surface area contributed by atoms with Crippen molar-refractivity contribution < 1.29 is 4.39 Å². The number of nitriles is 1. The number of rotatable bonds is 2. The lowest BCUT2D eigenvalue weighted by Crippen LogP contribution is -1.99. The second-order valence-electron chi connectivity index (χ2n) is 4.19. The van der Waals surface area contributed by atoms with Crippen molar-refractivity contribution in [3.8, 4) is 6.07 Å². The van der Waals surface area contributed by atoms with E-state index in [-0.39, 0.29) is 16.5 Å². The summed E-state index contributed by atoms with van der Waals surface area (Å²) in [4.78, 5) is 3.85. The predicted molar refractivity (Wildman–Crippen MR) is 73.1 cm³/mol. The molecule has 1 aromatic heterocycles. The van der Waals surface area contributed by atoms with Gasteiger partial charge >= 0.3 is 0 Å². The van der Waals surface area contributed by atoms with Crippen LogP contribution in [0, 0.1) is 31.0 Å². The van der Waals surface area contributed by atoms with E-state index in [0.29, 0.717) is 0 Å². The Labute approximate surface area is 115 Å². The predicted octanol–water partition coefficient (Wildman–Crippen LogP) is 4.11. The van der Waals surface area contributed by atoms with Crippen LogP contribution in [-0.2, 0) is 0 Å². The molecule has 0 spiro atoms. The summed E-state index contributed by atoms with van der Waals surface area (Å²) >= 11 is 5.78. The maximum atomic E-state index is 13.7. The van der Waals surface area contributed by atoms with E-state index in [1.165, 1.54) is 0 Å². The van der Waals surface area contributed by atoms with Crippen molar-refractivity contribution in [2.45, 2.75) is 13.8 Å². The number of anilines is 2. The molecule has 19 heavy (non-hydrogen) atoms. The van der Waals surface area contributed by atoms with Crippen molar-refractivity contribution in [1.82, 2.24) is 4.98 Å². The van der Waals surface area contributed by atoms with Gasteiger partial charge in [0.05, 0.1) is 5.56 Å². The Morgan fingerprint density at radius 2 is 2.00 bits per heavy atom. The van der Waals surface area contributed by atoms with Crippen LogP contribution in [-0.4, -0.2) is 4.98 Å². The van der Waals surface area contributed by atoms with Crippen LogP contribution >= 0.6 is 11.6 Å². The fraction of sp³-hybridized carbons (Fsp3) is 0.143. The lowest BCUT2D eigenvalue weighted by Gasteiger charge is -2.09. The molecular weight excluding hydrogens is 265 g/mol. The molecule has 0 fully saturated rings. The fourth-order valence-corrected chi connectivity index (χ4v) is 1.77. The van der Waals surface area contributed by atoms with Crippen LogP contribution in [0.2, 0.25) is 5.15 Å². The van der Waals surface area contributed by atoms with E-state index in [1.807, 2.05) is 32.0 Å². The number of halogens is 2. The van der Waals surface area contributed by atoms with Crippen LogP contribution in [0.3, 0.4) is 0 Å². The van der Waals surface area contributed by atoms with Crippen molar-refractivity contribution in [1.29, 1.82) is 5.26 Å². The highest BCUT2D eigenvalue weighted by atomic mass is 35.5. The summed E-state index contributed by atoms with van der Waals surface area (Å²) in [5.74, 6) is -0.605. The molecule has 0 aliphatic heterocycles. The smallest absolute Gasteiger partial charge is 0.168 e. The van der Waals surface area contributed by atoms with Crippen molar-refractivity contribution >= 4 is 23.1 Å². The largest absolute Gasteiger partial charge is 0.338 e. The summed E-state index contributed by atoms with van der Waals surface area (Å²) in [7, 11) is 0. The number of pyridine rings is 1. The standard InChI is InChI=1S/C14H11ClFN3/c1-8-3-4-11(5-9(8)2)18-14-12(16)6-10(7-17)13(15)19-14/h3-6H,1-2H3,(H,18,19). The number of aromatic nitrogens is 1. The molecule has 0 atom stereocenters. The molecule has 2 aromatic rings. The third-order valence-corrected chi connectivity index (χ3v) is 3.11. The molecular formula is C14H11ClFN3. The maximum absolute atomic E-state index is 13.7. The van der Waals surface area contributed by atoms with Gasteiger partial charge in [0.2, 0.25) is 0 Å². The number of nitrogens with one attached hydrogen (secondary N) is 1. The Balaban J connectivity index is 2.36. The molecule has 0 unspecified atom stereocenters. The molecule has 2 rings (SSSR count). The first-order valence-corrected chi connectivity index (χ1v) is 5.99. The zero-order chi connectivity index (χ0) is 14.0. The minimum absolute atomic E-state index is 0.00672. The number of nitrogens with zero attached hydrogens (tertiary/aromatic N) is 2. The lowest BCUT2D eigenvalue weighted by molar-refractivity contribution is 0.626. The van der Waals surface area contributed by atoms with Gasteiger partial charge in [-0.3, -0.25) is 0 Å². The lowest BCUT2D eigenvalue weighted by atomic mass is 10.1. The van der Waals surface area contributed by atoms with Crippen LogP contribution in [0.1, 0.15) is 16.7 Å². The molecule has 5 heteroatoms. The first kappa shape index (κ1) is 13.3. The van der Waals surface area contributed by atoms with Gasteiger partial charge in [-0.2, -0.15) is 5.26 Å². The molecule has 0 amide bonds. The quantitative estimate of drug-likeness (QED) is 0.839. The van der Waals surface area contributed by atoms with Crippen LogP contribution in [0.15, 0.2) is 24.3 Å². The molecule has 1 heterocycles. The molecule has 0 aliphatic carbocycles. The molecule has 0 saturated heterocycles. The zero-order valence-electron chi connectivity index (χ0n) is 10.5. The minimum atomic E-state index is -0.612. The van der Waals surface area contributed by atoms with Gasteiger partial charge in [-0.15, -0.1) is 0 Å². The van der Waals surface area contributed by atoms with Gasteiger partial charge in [0.15, 0.2) is 11.6 Å².